The number of piperidine rings is 1. The van der Waals surface area contributed by atoms with Crippen LogP contribution in [0.3, 0.4) is 0 Å². The number of carbonyl (C=O) groups is 1. The fraction of sp³-hybridized carbons (Fsp3) is 0.750. The Morgan fingerprint density at radius 3 is 2.62 bits per heavy atom. The molecule has 0 radical (unpaired) electrons. The SMILES string of the molecule is Cc1cc2n(n1)CC1(CCN(C(=O)O)CC1)[C@@H]2N[S@+]([O-])C(C)(C)C. The van der Waals surface area contributed by atoms with Crippen molar-refractivity contribution in [2.75, 3.05) is 13.1 Å². The first-order valence-corrected chi connectivity index (χ1v) is 9.48. The minimum atomic E-state index is -1.19. The van der Waals surface area contributed by atoms with E-state index < -0.39 is 17.5 Å². The maximum Gasteiger partial charge on any atom is 0.407 e. The number of amides is 1. The lowest BCUT2D eigenvalue weighted by Crippen LogP contribution is -2.50. The highest BCUT2D eigenvalue weighted by Crippen LogP contribution is 2.49. The van der Waals surface area contributed by atoms with Gasteiger partial charge in [-0.2, -0.15) is 5.10 Å². The average molecular weight is 354 g/mol. The van der Waals surface area contributed by atoms with E-state index >= 15 is 0 Å². The summed E-state index contributed by atoms with van der Waals surface area (Å²) in [6.07, 6.45) is 0.640. The van der Waals surface area contributed by atoms with Crippen LogP contribution in [0.5, 0.6) is 0 Å². The molecule has 3 rings (SSSR count). The molecule has 1 fully saturated rings. The van der Waals surface area contributed by atoms with Crippen molar-refractivity contribution in [1.29, 1.82) is 0 Å². The van der Waals surface area contributed by atoms with Gasteiger partial charge in [-0.3, -0.25) is 4.68 Å². The number of fused-ring (bicyclic) bond motifs is 1. The van der Waals surface area contributed by atoms with Crippen LogP contribution in [0.15, 0.2) is 6.07 Å². The van der Waals surface area contributed by atoms with Gasteiger partial charge in [0.05, 0.1) is 11.4 Å². The van der Waals surface area contributed by atoms with Crippen molar-refractivity contribution in [3.8, 4) is 0 Å². The van der Waals surface area contributed by atoms with Crippen LogP contribution in [-0.2, 0) is 17.9 Å². The summed E-state index contributed by atoms with van der Waals surface area (Å²) in [6, 6.07) is 1.99. The van der Waals surface area contributed by atoms with Crippen molar-refractivity contribution in [1.82, 2.24) is 19.4 Å². The van der Waals surface area contributed by atoms with E-state index in [4.69, 9.17) is 0 Å². The predicted octanol–water partition coefficient (Wildman–Crippen LogP) is 2.06. The van der Waals surface area contributed by atoms with Gasteiger partial charge in [0, 0.05) is 36.4 Å². The molecule has 7 nitrogen and oxygen atoms in total. The van der Waals surface area contributed by atoms with Gasteiger partial charge in [-0.25, -0.2) is 4.79 Å². The number of nitrogens with one attached hydrogen (secondary N) is 1. The number of hydrogen-bond acceptors (Lipinski definition) is 4. The maximum absolute atomic E-state index is 12.7. The van der Waals surface area contributed by atoms with Gasteiger partial charge in [-0.1, -0.05) is 0 Å². The van der Waals surface area contributed by atoms with Gasteiger partial charge in [0.1, 0.15) is 10.8 Å². The lowest BCUT2D eigenvalue weighted by atomic mass is 9.73. The molecule has 0 aliphatic carbocycles. The Morgan fingerprint density at radius 1 is 1.46 bits per heavy atom. The minimum absolute atomic E-state index is 0.0605. The van der Waals surface area contributed by atoms with Crippen LogP contribution in [-0.4, -0.2) is 48.3 Å². The third-order valence-electron chi connectivity index (χ3n) is 5.12. The molecule has 2 atom stereocenters. The minimum Gasteiger partial charge on any atom is -0.598 e. The highest BCUT2D eigenvalue weighted by molar-refractivity contribution is 7.90. The number of carboxylic acid groups (broad SMARTS) is 1. The normalized spacial score (nSPS) is 24.2. The van der Waals surface area contributed by atoms with Gasteiger partial charge in [0.25, 0.3) is 0 Å². The molecular formula is C16H26N4O3S. The number of aromatic nitrogens is 2. The smallest absolute Gasteiger partial charge is 0.407 e. The van der Waals surface area contributed by atoms with E-state index in [-0.39, 0.29) is 16.2 Å². The Hall–Kier alpha value is -1.25. The molecule has 2 N–H and O–H groups in total. The van der Waals surface area contributed by atoms with Gasteiger partial charge in [-0.15, -0.1) is 4.72 Å². The summed E-state index contributed by atoms with van der Waals surface area (Å²) < 4.78 is 17.7. The molecule has 2 aliphatic rings. The maximum atomic E-state index is 12.7. The van der Waals surface area contributed by atoms with Crippen molar-refractivity contribution in [3.05, 3.63) is 17.5 Å². The monoisotopic (exact) mass is 354 g/mol. The fourth-order valence-corrected chi connectivity index (χ4v) is 4.63. The van der Waals surface area contributed by atoms with Crippen molar-refractivity contribution in [2.24, 2.45) is 5.41 Å². The number of rotatable bonds is 2. The highest BCUT2D eigenvalue weighted by atomic mass is 32.2. The molecule has 1 spiro atoms. The molecule has 1 aromatic rings. The average Bonchev–Trinajstić information content (AvgIpc) is 2.94. The molecule has 1 amide bonds. The first kappa shape index (κ1) is 17.6. The Morgan fingerprint density at radius 2 is 2.08 bits per heavy atom. The van der Waals surface area contributed by atoms with E-state index in [1.165, 1.54) is 4.90 Å². The predicted molar refractivity (Wildman–Crippen MR) is 92.0 cm³/mol. The first-order chi connectivity index (χ1) is 11.1. The Labute approximate surface area is 145 Å². The molecule has 1 aromatic heterocycles. The topological polar surface area (TPSA) is 93.5 Å². The summed E-state index contributed by atoms with van der Waals surface area (Å²) in [5.41, 5.74) is 1.90. The molecule has 24 heavy (non-hydrogen) atoms. The van der Waals surface area contributed by atoms with Crippen molar-refractivity contribution >= 4 is 17.5 Å². The molecule has 0 saturated carbocycles. The molecule has 0 unspecified atom stereocenters. The third kappa shape index (κ3) is 3.02. The summed E-state index contributed by atoms with van der Waals surface area (Å²) in [4.78, 5) is 12.7. The number of nitrogens with zero attached hydrogens (tertiary/aromatic N) is 3. The molecule has 0 aromatic carbocycles. The quantitative estimate of drug-likeness (QED) is 0.793. The zero-order valence-corrected chi connectivity index (χ0v) is 15.5. The van der Waals surface area contributed by atoms with E-state index in [2.05, 4.69) is 15.9 Å². The van der Waals surface area contributed by atoms with Crippen molar-refractivity contribution < 1.29 is 14.5 Å². The summed E-state index contributed by atoms with van der Waals surface area (Å²) >= 11 is -1.19. The van der Waals surface area contributed by atoms with Crippen LogP contribution >= 0.6 is 0 Å². The molecule has 1 saturated heterocycles. The van der Waals surface area contributed by atoms with Crippen molar-refractivity contribution in [3.63, 3.8) is 0 Å². The fourth-order valence-electron chi connectivity index (χ4n) is 3.69. The van der Waals surface area contributed by atoms with E-state index in [1.807, 2.05) is 32.4 Å². The molecule has 134 valence electrons. The van der Waals surface area contributed by atoms with E-state index in [0.717, 1.165) is 30.8 Å². The second-order valence-electron chi connectivity index (χ2n) is 7.93. The standard InChI is InChI=1S/C16H26N4O3S/c1-11-9-12-13(18-24(23)15(2,3)4)16(10-20(12)17-11)5-7-19(8-6-16)14(21)22/h9,13,18H,5-8,10H2,1-4H3,(H,21,22)/t13-,24-/m1/s1. The van der Waals surface area contributed by atoms with E-state index in [0.29, 0.717) is 13.1 Å². The Bertz CT molecular complexity index is 632. The molecule has 8 heteroatoms. The van der Waals surface area contributed by atoms with Crippen LogP contribution in [0.4, 0.5) is 4.79 Å². The van der Waals surface area contributed by atoms with Gasteiger partial charge >= 0.3 is 6.09 Å². The second kappa shape index (κ2) is 5.93. The highest BCUT2D eigenvalue weighted by Gasteiger charge is 2.52. The molecule has 3 heterocycles. The van der Waals surface area contributed by atoms with Crippen LogP contribution in [0.1, 0.15) is 51.0 Å². The van der Waals surface area contributed by atoms with Crippen LogP contribution in [0.2, 0.25) is 0 Å². The van der Waals surface area contributed by atoms with Crippen LogP contribution in [0.25, 0.3) is 0 Å². The lowest BCUT2D eigenvalue weighted by molar-refractivity contribution is 0.0701. The van der Waals surface area contributed by atoms with Crippen molar-refractivity contribution in [2.45, 2.75) is 57.9 Å². The van der Waals surface area contributed by atoms with E-state index in [9.17, 15) is 14.5 Å². The first-order valence-electron chi connectivity index (χ1n) is 8.33. The third-order valence-corrected chi connectivity index (χ3v) is 6.68. The zero-order chi connectivity index (χ0) is 17.7. The Kier molecular flexibility index (Phi) is 4.34. The number of hydrogen-bond donors (Lipinski definition) is 2. The number of aryl methyl sites for hydroxylation is 1. The zero-order valence-electron chi connectivity index (χ0n) is 14.7. The summed E-state index contributed by atoms with van der Waals surface area (Å²) in [7, 11) is 0. The Balaban J connectivity index is 1.86. The van der Waals surface area contributed by atoms with Crippen LogP contribution < -0.4 is 4.72 Å². The molecule has 0 bridgehead atoms. The second-order valence-corrected chi connectivity index (χ2v) is 9.93. The summed E-state index contributed by atoms with van der Waals surface area (Å²) in [5.74, 6) is 0. The van der Waals surface area contributed by atoms with Gasteiger partial charge < -0.3 is 14.6 Å². The number of likely N-dealkylation sites (tertiary alicyclic amines) is 1. The van der Waals surface area contributed by atoms with Gasteiger partial charge in [0.2, 0.25) is 0 Å². The van der Waals surface area contributed by atoms with Crippen LogP contribution in [0, 0.1) is 12.3 Å². The summed E-state index contributed by atoms with van der Waals surface area (Å²) in [5, 5.41) is 13.8. The van der Waals surface area contributed by atoms with E-state index in [1.54, 1.807) is 0 Å². The molecule has 2 aliphatic heterocycles. The lowest BCUT2D eigenvalue weighted by Gasteiger charge is -2.42. The molecular weight excluding hydrogens is 328 g/mol. The summed E-state index contributed by atoms with van der Waals surface area (Å²) in [6.45, 7) is 9.60. The largest absolute Gasteiger partial charge is 0.598 e. The van der Waals surface area contributed by atoms with Gasteiger partial charge in [0.15, 0.2) is 0 Å². The van der Waals surface area contributed by atoms with Gasteiger partial charge in [-0.05, 0) is 46.6 Å².